The molecule has 0 fully saturated rings. The molecular formula is C18H21N7O2. The fourth-order valence-electron chi connectivity index (χ4n) is 2.36. The molecule has 2 N–H and O–H groups in total. The van der Waals surface area contributed by atoms with E-state index in [2.05, 4.69) is 30.7 Å². The number of hydrogen-bond acceptors (Lipinski definition) is 8. The van der Waals surface area contributed by atoms with Gasteiger partial charge >= 0.3 is 0 Å². The van der Waals surface area contributed by atoms with E-state index in [0.29, 0.717) is 30.5 Å². The second-order valence-corrected chi connectivity index (χ2v) is 6.05. The summed E-state index contributed by atoms with van der Waals surface area (Å²) in [5.41, 5.74) is 0.989. The summed E-state index contributed by atoms with van der Waals surface area (Å²) in [6.45, 7) is 2.76. The summed E-state index contributed by atoms with van der Waals surface area (Å²) >= 11 is 0. The van der Waals surface area contributed by atoms with Crippen LogP contribution in [0.4, 0.5) is 11.6 Å². The Morgan fingerprint density at radius 3 is 2.81 bits per heavy atom. The summed E-state index contributed by atoms with van der Waals surface area (Å²) in [4.78, 5) is 26.8. The molecule has 0 spiro atoms. The van der Waals surface area contributed by atoms with E-state index in [1.54, 1.807) is 24.5 Å². The predicted octanol–water partition coefficient (Wildman–Crippen LogP) is 1.74. The van der Waals surface area contributed by atoms with Crippen molar-refractivity contribution in [3.8, 4) is 11.3 Å². The molecule has 0 saturated heterocycles. The molecule has 1 amide bonds. The van der Waals surface area contributed by atoms with Crippen LogP contribution in [0.15, 0.2) is 41.2 Å². The minimum Gasteiger partial charge on any atom is -0.368 e. The molecule has 0 aliphatic carbocycles. The molecule has 9 heteroatoms. The fourth-order valence-corrected chi connectivity index (χ4v) is 2.36. The topological polar surface area (TPSA) is 109 Å². The molecule has 9 nitrogen and oxygen atoms in total. The summed E-state index contributed by atoms with van der Waals surface area (Å²) in [6, 6.07) is 7.08. The first-order valence-corrected chi connectivity index (χ1v) is 8.45. The Hall–Kier alpha value is -3.49. The molecule has 3 heterocycles. The van der Waals surface area contributed by atoms with Crippen molar-refractivity contribution in [2.75, 3.05) is 37.4 Å². The average Bonchev–Trinajstić information content (AvgIpc) is 3.15. The van der Waals surface area contributed by atoms with Gasteiger partial charge in [-0.15, -0.1) is 0 Å². The molecule has 140 valence electrons. The van der Waals surface area contributed by atoms with Crippen molar-refractivity contribution in [3.63, 3.8) is 0 Å². The number of rotatable bonds is 7. The van der Waals surface area contributed by atoms with Gasteiger partial charge in [-0.1, -0.05) is 5.16 Å². The highest BCUT2D eigenvalue weighted by Crippen LogP contribution is 2.18. The lowest BCUT2D eigenvalue weighted by molar-refractivity contribution is 0.0946. The van der Waals surface area contributed by atoms with E-state index in [4.69, 9.17) is 4.52 Å². The molecule has 0 bridgehead atoms. The van der Waals surface area contributed by atoms with Crippen LogP contribution in [0.25, 0.3) is 11.3 Å². The first kappa shape index (κ1) is 18.3. The van der Waals surface area contributed by atoms with Gasteiger partial charge in [-0.25, -0.2) is 9.97 Å². The van der Waals surface area contributed by atoms with E-state index >= 15 is 0 Å². The van der Waals surface area contributed by atoms with Crippen LogP contribution in [0.2, 0.25) is 0 Å². The first-order chi connectivity index (χ1) is 13.0. The van der Waals surface area contributed by atoms with E-state index in [1.165, 1.54) is 0 Å². The molecule has 3 rings (SSSR count). The minimum absolute atomic E-state index is 0.224. The van der Waals surface area contributed by atoms with Crippen LogP contribution in [-0.2, 0) is 0 Å². The summed E-state index contributed by atoms with van der Waals surface area (Å²) in [5.74, 6) is 2.40. The quantitative estimate of drug-likeness (QED) is 0.608. The van der Waals surface area contributed by atoms with E-state index in [-0.39, 0.29) is 11.6 Å². The number of hydrogen-bond donors (Lipinski definition) is 2. The number of carbonyl (C=O) groups is 1. The molecule has 3 aromatic heterocycles. The highest BCUT2D eigenvalue weighted by molar-refractivity contribution is 5.93. The summed E-state index contributed by atoms with van der Waals surface area (Å²) in [5, 5.41) is 9.78. The summed E-state index contributed by atoms with van der Waals surface area (Å²) in [7, 11) is 3.84. The molecule has 0 atom stereocenters. The van der Waals surface area contributed by atoms with Crippen LogP contribution in [0.5, 0.6) is 0 Å². The number of nitrogens with zero attached hydrogens (tertiary/aromatic N) is 5. The third kappa shape index (κ3) is 4.78. The van der Waals surface area contributed by atoms with Gasteiger partial charge in [0.1, 0.15) is 17.5 Å². The molecular weight excluding hydrogens is 346 g/mol. The molecule has 27 heavy (non-hydrogen) atoms. The average molecular weight is 367 g/mol. The predicted molar refractivity (Wildman–Crippen MR) is 102 cm³/mol. The summed E-state index contributed by atoms with van der Waals surface area (Å²) < 4.78 is 5.21. The number of amides is 1. The van der Waals surface area contributed by atoms with Crippen LogP contribution >= 0.6 is 0 Å². The number of nitrogens with one attached hydrogen (secondary N) is 2. The van der Waals surface area contributed by atoms with Crippen LogP contribution in [0.1, 0.15) is 16.3 Å². The van der Waals surface area contributed by atoms with Crippen molar-refractivity contribution in [1.82, 2.24) is 25.4 Å². The largest absolute Gasteiger partial charge is 0.368 e. The Morgan fingerprint density at radius 1 is 1.22 bits per heavy atom. The van der Waals surface area contributed by atoms with Gasteiger partial charge in [0.05, 0.1) is 0 Å². The zero-order valence-electron chi connectivity index (χ0n) is 15.4. The zero-order valence-corrected chi connectivity index (χ0v) is 15.4. The van der Waals surface area contributed by atoms with Crippen molar-refractivity contribution >= 4 is 17.5 Å². The first-order valence-electron chi connectivity index (χ1n) is 8.45. The van der Waals surface area contributed by atoms with Crippen molar-refractivity contribution < 1.29 is 9.32 Å². The van der Waals surface area contributed by atoms with E-state index in [0.717, 1.165) is 11.4 Å². The van der Waals surface area contributed by atoms with E-state index in [1.807, 2.05) is 38.1 Å². The fraction of sp³-hybridized carbons (Fsp3) is 0.278. The van der Waals surface area contributed by atoms with Crippen molar-refractivity contribution in [3.05, 3.63) is 48.2 Å². The van der Waals surface area contributed by atoms with Crippen molar-refractivity contribution in [2.45, 2.75) is 6.92 Å². The normalized spacial score (nSPS) is 10.5. The third-order valence-corrected chi connectivity index (χ3v) is 3.69. The highest BCUT2D eigenvalue weighted by atomic mass is 16.5. The molecule has 0 aliphatic heterocycles. The van der Waals surface area contributed by atoms with Crippen LogP contribution in [-0.4, -0.2) is 53.2 Å². The van der Waals surface area contributed by atoms with Gasteiger partial charge in [0.25, 0.3) is 5.91 Å². The second kappa shape index (κ2) is 8.26. The molecule has 0 saturated carbocycles. The monoisotopic (exact) mass is 367 g/mol. The highest BCUT2D eigenvalue weighted by Gasteiger charge is 2.13. The number of anilines is 2. The smallest absolute Gasteiger partial charge is 0.273 e. The Morgan fingerprint density at radius 2 is 2.07 bits per heavy atom. The number of aryl methyl sites for hydroxylation is 1. The van der Waals surface area contributed by atoms with E-state index < -0.39 is 0 Å². The lowest BCUT2D eigenvalue weighted by Gasteiger charge is -2.14. The Labute approximate surface area is 156 Å². The maximum Gasteiger partial charge on any atom is 0.273 e. The standard InChI is InChI=1S/C18H21N7O2/c1-12-22-16(10-17(23-12)25(2)3)20-7-8-21-18(26)14-9-15(27-24-14)13-5-4-6-19-11-13/h4-6,9-11H,7-8H2,1-3H3,(H,21,26)(H,20,22,23). The van der Waals surface area contributed by atoms with Crippen molar-refractivity contribution in [1.29, 1.82) is 0 Å². The molecule has 0 aliphatic rings. The van der Waals surface area contributed by atoms with Crippen LogP contribution in [0, 0.1) is 6.92 Å². The van der Waals surface area contributed by atoms with Gasteiger partial charge in [0, 0.05) is 57.3 Å². The second-order valence-electron chi connectivity index (χ2n) is 6.05. The lowest BCUT2D eigenvalue weighted by Crippen LogP contribution is -2.29. The van der Waals surface area contributed by atoms with Crippen LogP contribution in [0.3, 0.4) is 0 Å². The SMILES string of the molecule is Cc1nc(NCCNC(=O)c2cc(-c3cccnc3)on2)cc(N(C)C)n1. The molecule has 0 unspecified atom stereocenters. The number of aromatic nitrogens is 4. The Balaban J connectivity index is 1.51. The zero-order chi connectivity index (χ0) is 19.2. The van der Waals surface area contributed by atoms with E-state index in [9.17, 15) is 4.79 Å². The van der Waals surface area contributed by atoms with Gasteiger partial charge in [-0.05, 0) is 19.1 Å². The molecule has 0 aromatic carbocycles. The number of pyridine rings is 1. The van der Waals surface area contributed by atoms with Gasteiger partial charge in [0.2, 0.25) is 0 Å². The van der Waals surface area contributed by atoms with Gasteiger partial charge in [-0.2, -0.15) is 0 Å². The maximum atomic E-state index is 12.2. The van der Waals surface area contributed by atoms with Crippen molar-refractivity contribution in [2.24, 2.45) is 0 Å². The number of carbonyl (C=O) groups excluding carboxylic acids is 1. The third-order valence-electron chi connectivity index (χ3n) is 3.69. The van der Waals surface area contributed by atoms with Gasteiger partial charge in [0.15, 0.2) is 11.5 Å². The molecule has 3 aromatic rings. The lowest BCUT2D eigenvalue weighted by atomic mass is 10.2. The van der Waals surface area contributed by atoms with Crippen LogP contribution < -0.4 is 15.5 Å². The Bertz CT molecular complexity index is 909. The maximum absolute atomic E-state index is 12.2. The molecule has 0 radical (unpaired) electrons. The minimum atomic E-state index is -0.302. The van der Waals surface area contributed by atoms with Gasteiger partial charge in [-0.3, -0.25) is 9.78 Å². The Kier molecular flexibility index (Phi) is 5.60. The van der Waals surface area contributed by atoms with Gasteiger partial charge < -0.3 is 20.1 Å². The summed E-state index contributed by atoms with van der Waals surface area (Å²) in [6.07, 6.45) is 3.32.